The number of hydrogen-bond acceptors (Lipinski definition) is 3. The average molecular weight is 264 g/mol. The van der Waals surface area contributed by atoms with Gasteiger partial charge < -0.3 is 15.8 Å². The minimum Gasteiger partial charge on any atom is -0.493 e. The summed E-state index contributed by atoms with van der Waals surface area (Å²) >= 11 is 0. The lowest BCUT2D eigenvalue weighted by molar-refractivity contribution is -0.121. The van der Waals surface area contributed by atoms with Crippen molar-refractivity contribution in [1.29, 1.82) is 0 Å². The van der Waals surface area contributed by atoms with Crippen LogP contribution in [0.2, 0.25) is 0 Å². The molecule has 3 N–H and O–H groups in total. The van der Waals surface area contributed by atoms with Crippen LogP contribution < -0.4 is 15.8 Å². The molecule has 0 aliphatic rings. The molecule has 0 spiro atoms. The number of nitrogens with two attached hydrogens (primary N) is 1. The first-order valence-corrected chi connectivity index (χ1v) is 6.74. The maximum absolute atomic E-state index is 11.3. The lowest BCUT2D eigenvalue weighted by Crippen LogP contribution is -2.39. The van der Waals surface area contributed by atoms with Crippen LogP contribution in [0.25, 0.3) is 0 Å². The molecule has 4 nitrogen and oxygen atoms in total. The van der Waals surface area contributed by atoms with E-state index in [1.807, 2.05) is 24.3 Å². The molecule has 0 fully saturated rings. The number of rotatable bonds is 7. The van der Waals surface area contributed by atoms with E-state index in [4.69, 9.17) is 10.5 Å². The van der Waals surface area contributed by atoms with E-state index in [1.165, 1.54) is 5.56 Å². The summed E-state index contributed by atoms with van der Waals surface area (Å²) in [4.78, 5) is 11.3. The molecule has 0 aliphatic heterocycles. The third-order valence-electron chi connectivity index (χ3n) is 2.63. The standard InChI is InChI=1S/C15H24N2O2/c1-11(2)10-19-14-6-4-13(5-7-14)8-9-17-15(18)12(3)16/h4-7,11-12H,8-10,16H2,1-3H3,(H,17,18)/t12-/m1/s1. The normalized spacial score (nSPS) is 12.3. The summed E-state index contributed by atoms with van der Waals surface area (Å²) in [6.07, 6.45) is 0.795. The topological polar surface area (TPSA) is 64.3 Å². The zero-order chi connectivity index (χ0) is 14.3. The Morgan fingerprint density at radius 3 is 2.42 bits per heavy atom. The molecule has 1 rings (SSSR count). The lowest BCUT2D eigenvalue weighted by Gasteiger charge is -2.10. The number of hydrogen-bond donors (Lipinski definition) is 2. The van der Waals surface area contributed by atoms with Gasteiger partial charge in [0, 0.05) is 6.54 Å². The van der Waals surface area contributed by atoms with E-state index in [0.29, 0.717) is 12.5 Å². The van der Waals surface area contributed by atoms with Crippen molar-refractivity contribution in [1.82, 2.24) is 5.32 Å². The summed E-state index contributed by atoms with van der Waals surface area (Å²) in [5, 5.41) is 2.79. The average Bonchev–Trinajstić information content (AvgIpc) is 2.37. The van der Waals surface area contributed by atoms with Gasteiger partial charge in [0.1, 0.15) is 5.75 Å². The zero-order valence-electron chi connectivity index (χ0n) is 12.0. The summed E-state index contributed by atoms with van der Waals surface area (Å²) < 4.78 is 5.61. The number of carbonyl (C=O) groups is 1. The van der Waals surface area contributed by atoms with Crippen LogP contribution in [0.15, 0.2) is 24.3 Å². The van der Waals surface area contributed by atoms with Gasteiger partial charge in [-0.3, -0.25) is 4.79 Å². The Kier molecular flexibility index (Phi) is 6.36. The van der Waals surface area contributed by atoms with Crippen molar-refractivity contribution in [3.8, 4) is 5.75 Å². The Labute approximate surface area is 115 Å². The van der Waals surface area contributed by atoms with E-state index in [0.717, 1.165) is 18.8 Å². The first-order chi connectivity index (χ1) is 8.99. The van der Waals surface area contributed by atoms with E-state index in [1.54, 1.807) is 6.92 Å². The van der Waals surface area contributed by atoms with Crippen LogP contribution in [0, 0.1) is 5.92 Å². The SMILES string of the molecule is CC(C)COc1ccc(CCNC(=O)[C@@H](C)N)cc1. The van der Waals surface area contributed by atoms with Gasteiger partial charge in [0.2, 0.25) is 5.91 Å². The van der Waals surface area contributed by atoms with E-state index >= 15 is 0 Å². The molecule has 1 atom stereocenters. The van der Waals surface area contributed by atoms with Crippen LogP contribution in [0.5, 0.6) is 5.75 Å². The van der Waals surface area contributed by atoms with E-state index < -0.39 is 6.04 Å². The highest BCUT2D eigenvalue weighted by molar-refractivity contribution is 5.80. The molecular formula is C15H24N2O2. The van der Waals surface area contributed by atoms with E-state index in [2.05, 4.69) is 19.2 Å². The van der Waals surface area contributed by atoms with Crippen molar-refractivity contribution in [3.63, 3.8) is 0 Å². The Morgan fingerprint density at radius 1 is 1.26 bits per heavy atom. The maximum atomic E-state index is 11.3. The second-order valence-electron chi connectivity index (χ2n) is 5.18. The van der Waals surface area contributed by atoms with Gasteiger partial charge in [0.25, 0.3) is 0 Å². The summed E-state index contributed by atoms with van der Waals surface area (Å²) in [7, 11) is 0. The van der Waals surface area contributed by atoms with Crippen molar-refractivity contribution in [3.05, 3.63) is 29.8 Å². The minimum atomic E-state index is -0.452. The Hall–Kier alpha value is -1.55. The van der Waals surface area contributed by atoms with Crippen LogP contribution in [-0.2, 0) is 11.2 Å². The van der Waals surface area contributed by atoms with Crippen molar-refractivity contribution >= 4 is 5.91 Å². The molecule has 1 aromatic rings. The van der Waals surface area contributed by atoms with Crippen LogP contribution in [0.1, 0.15) is 26.3 Å². The number of nitrogens with one attached hydrogen (secondary N) is 1. The Morgan fingerprint density at radius 2 is 1.89 bits per heavy atom. The fourth-order valence-corrected chi connectivity index (χ4v) is 1.51. The number of amides is 1. The minimum absolute atomic E-state index is 0.114. The molecule has 19 heavy (non-hydrogen) atoms. The summed E-state index contributed by atoms with van der Waals surface area (Å²) in [5.41, 5.74) is 6.63. The van der Waals surface area contributed by atoms with Gasteiger partial charge in [-0.1, -0.05) is 26.0 Å². The first kappa shape index (κ1) is 15.5. The second-order valence-corrected chi connectivity index (χ2v) is 5.18. The molecule has 0 unspecified atom stereocenters. The molecule has 0 heterocycles. The Balaban J connectivity index is 2.34. The van der Waals surface area contributed by atoms with E-state index in [9.17, 15) is 4.79 Å². The fraction of sp³-hybridized carbons (Fsp3) is 0.533. The zero-order valence-corrected chi connectivity index (χ0v) is 12.0. The highest BCUT2D eigenvalue weighted by atomic mass is 16.5. The second kappa shape index (κ2) is 7.79. The summed E-state index contributed by atoms with van der Waals surface area (Å²) in [6, 6.07) is 7.52. The molecule has 0 saturated carbocycles. The van der Waals surface area contributed by atoms with Crippen LogP contribution >= 0.6 is 0 Å². The molecule has 0 aromatic heterocycles. The quantitative estimate of drug-likeness (QED) is 0.788. The van der Waals surface area contributed by atoms with Crippen molar-refractivity contribution < 1.29 is 9.53 Å². The first-order valence-electron chi connectivity index (χ1n) is 6.74. The summed E-state index contributed by atoms with van der Waals surface area (Å²) in [6.45, 7) is 7.25. The molecule has 106 valence electrons. The van der Waals surface area contributed by atoms with Crippen LogP contribution in [0.3, 0.4) is 0 Å². The largest absolute Gasteiger partial charge is 0.493 e. The predicted octanol–water partition coefficient (Wildman–Crippen LogP) is 1.73. The third kappa shape index (κ3) is 6.25. The van der Waals surface area contributed by atoms with Crippen molar-refractivity contribution in [2.45, 2.75) is 33.2 Å². The molecular weight excluding hydrogens is 240 g/mol. The molecule has 0 bridgehead atoms. The number of benzene rings is 1. The predicted molar refractivity (Wildman–Crippen MR) is 77.1 cm³/mol. The maximum Gasteiger partial charge on any atom is 0.236 e. The van der Waals surface area contributed by atoms with Gasteiger partial charge in [-0.15, -0.1) is 0 Å². The lowest BCUT2D eigenvalue weighted by atomic mass is 10.1. The molecule has 0 aliphatic carbocycles. The molecule has 1 amide bonds. The highest BCUT2D eigenvalue weighted by Crippen LogP contribution is 2.13. The van der Waals surface area contributed by atoms with Crippen LogP contribution in [-0.4, -0.2) is 25.1 Å². The van der Waals surface area contributed by atoms with Gasteiger partial charge in [0.05, 0.1) is 12.6 Å². The van der Waals surface area contributed by atoms with Gasteiger partial charge in [-0.2, -0.15) is 0 Å². The van der Waals surface area contributed by atoms with Crippen molar-refractivity contribution in [2.75, 3.05) is 13.2 Å². The summed E-state index contributed by atoms with van der Waals surface area (Å²) in [5.74, 6) is 1.29. The van der Waals surface area contributed by atoms with Gasteiger partial charge in [-0.25, -0.2) is 0 Å². The van der Waals surface area contributed by atoms with Crippen molar-refractivity contribution in [2.24, 2.45) is 11.7 Å². The molecule has 0 saturated heterocycles. The third-order valence-corrected chi connectivity index (χ3v) is 2.63. The monoisotopic (exact) mass is 264 g/mol. The fourth-order valence-electron chi connectivity index (χ4n) is 1.51. The smallest absolute Gasteiger partial charge is 0.236 e. The highest BCUT2D eigenvalue weighted by Gasteiger charge is 2.05. The van der Waals surface area contributed by atoms with E-state index in [-0.39, 0.29) is 5.91 Å². The van der Waals surface area contributed by atoms with Crippen LogP contribution in [0.4, 0.5) is 0 Å². The molecule has 4 heteroatoms. The number of ether oxygens (including phenoxy) is 1. The number of carbonyl (C=O) groups excluding carboxylic acids is 1. The van der Waals surface area contributed by atoms with Gasteiger partial charge in [-0.05, 0) is 37.0 Å². The van der Waals surface area contributed by atoms with Gasteiger partial charge in [0.15, 0.2) is 0 Å². The molecule has 1 aromatic carbocycles. The van der Waals surface area contributed by atoms with Gasteiger partial charge >= 0.3 is 0 Å². The Bertz CT molecular complexity index is 386. The molecule has 0 radical (unpaired) electrons.